The molecule has 1 aromatic carbocycles. The molecule has 3 rings (SSSR count). The topological polar surface area (TPSA) is 24.5 Å². The molecule has 0 radical (unpaired) electrons. The van der Waals surface area contributed by atoms with Gasteiger partial charge in [0, 0.05) is 32.2 Å². The van der Waals surface area contributed by atoms with Crippen molar-refractivity contribution in [1.82, 2.24) is 10.2 Å². The van der Waals surface area contributed by atoms with Gasteiger partial charge in [-0.15, -0.1) is 0 Å². The second-order valence-corrected chi connectivity index (χ2v) is 5.84. The van der Waals surface area contributed by atoms with E-state index in [4.69, 9.17) is 4.74 Å². The smallest absolute Gasteiger partial charge is 0.0674 e. The first-order valence-corrected chi connectivity index (χ1v) is 7.43. The van der Waals surface area contributed by atoms with Crippen molar-refractivity contribution in [2.24, 2.45) is 0 Å². The number of nitrogens with zero attached hydrogens (tertiary/aromatic N) is 1. The summed E-state index contributed by atoms with van der Waals surface area (Å²) in [4.78, 5) is 2.58. The molecule has 3 nitrogen and oxygen atoms in total. The average Bonchev–Trinajstić information content (AvgIpc) is 2.86. The summed E-state index contributed by atoms with van der Waals surface area (Å²) in [7, 11) is 0. The normalized spacial score (nSPS) is 27.5. The van der Waals surface area contributed by atoms with E-state index in [1.165, 1.54) is 23.1 Å². The Morgan fingerprint density at radius 3 is 3.00 bits per heavy atom. The van der Waals surface area contributed by atoms with Crippen LogP contribution in [0.25, 0.3) is 0 Å². The van der Waals surface area contributed by atoms with E-state index in [1.54, 1.807) is 0 Å². The summed E-state index contributed by atoms with van der Waals surface area (Å²) >= 11 is 0. The Hall–Kier alpha value is -0.900. The zero-order valence-electron chi connectivity index (χ0n) is 12.0. The van der Waals surface area contributed by atoms with Crippen molar-refractivity contribution >= 4 is 0 Å². The average molecular weight is 260 g/mol. The van der Waals surface area contributed by atoms with Crippen molar-refractivity contribution in [3.05, 3.63) is 34.9 Å². The molecule has 0 aliphatic carbocycles. The summed E-state index contributed by atoms with van der Waals surface area (Å²) in [6.07, 6.45) is 1.53. The van der Waals surface area contributed by atoms with Crippen molar-refractivity contribution < 1.29 is 4.74 Å². The second kappa shape index (κ2) is 5.61. The SMILES string of the molecule is CCC1COC(C)CN1Cc1ccc2c(c1)CNC2. The number of hydrogen-bond donors (Lipinski definition) is 1. The van der Waals surface area contributed by atoms with Gasteiger partial charge in [-0.1, -0.05) is 25.1 Å². The molecule has 0 amide bonds. The van der Waals surface area contributed by atoms with Gasteiger partial charge in [0.15, 0.2) is 0 Å². The van der Waals surface area contributed by atoms with Gasteiger partial charge < -0.3 is 10.1 Å². The monoisotopic (exact) mass is 260 g/mol. The number of benzene rings is 1. The van der Waals surface area contributed by atoms with Gasteiger partial charge in [-0.3, -0.25) is 4.90 Å². The third-order valence-electron chi connectivity index (χ3n) is 4.34. The first-order chi connectivity index (χ1) is 9.26. The Balaban J connectivity index is 1.72. The van der Waals surface area contributed by atoms with Crippen LogP contribution in [-0.4, -0.2) is 30.2 Å². The van der Waals surface area contributed by atoms with Crippen molar-refractivity contribution in [2.45, 2.75) is 52.0 Å². The third kappa shape index (κ3) is 2.83. The summed E-state index contributed by atoms with van der Waals surface area (Å²) in [5.41, 5.74) is 4.38. The second-order valence-electron chi connectivity index (χ2n) is 5.84. The van der Waals surface area contributed by atoms with E-state index >= 15 is 0 Å². The molecule has 1 aromatic rings. The van der Waals surface area contributed by atoms with Crippen LogP contribution in [0.4, 0.5) is 0 Å². The molecule has 0 aromatic heterocycles. The molecule has 0 spiro atoms. The van der Waals surface area contributed by atoms with Crippen LogP contribution in [0.3, 0.4) is 0 Å². The highest BCUT2D eigenvalue weighted by molar-refractivity contribution is 5.34. The Bertz CT molecular complexity index is 446. The van der Waals surface area contributed by atoms with Crippen LogP contribution in [0.15, 0.2) is 18.2 Å². The highest BCUT2D eigenvalue weighted by atomic mass is 16.5. The summed E-state index contributed by atoms with van der Waals surface area (Å²) < 4.78 is 5.77. The predicted octanol–water partition coefficient (Wildman–Crippen LogP) is 2.29. The number of nitrogens with one attached hydrogen (secondary N) is 1. The van der Waals surface area contributed by atoms with Crippen LogP contribution < -0.4 is 5.32 Å². The molecule has 0 saturated carbocycles. The lowest BCUT2D eigenvalue weighted by atomic mass is 10.0. The standard InChI is InChI=1S/C16H24N2O/c1-3-16-11-19-12(2)9-18(16)10-13-4-5-14-7-17-8-15(14)6-13/h4-6,12,16-17H,3,7-11H2,1-2H3. The zero-order valence-corrected chi connectivity index (χ0v) is 12.0. The van der Waals surface area contributed by atoms with E-state index in [1.807, 2.05) is 0 Å². The van der Waals surface area contributed by atoms with Crippen molar-refractivity contribution in [2.75, 3.05) is 13.2 Å². The van der Waals surface area contributed by atoms with Crippen molar-refractivity contribution in [3.63, 3.8) is 0 Å². The minimum Gasteiger partial charge on any atom is -0.376 e. The molecule has 3 heteroatoms. The zero-order chi connectivity index (χ0) is 13.2. The summed E-state index contributed by atoms with van der Waals surface area (Å²) in [6, 6.07) is 7.53. The fourth-order valence-corrected chi connectivity index (χ4v) is 3.16. The lowest BCUT2D eigenvalue weighted by Gasteiger charge is -2.38. The van der Waals surface area contributed by atoms with Crippen LogP contribution in [0.5, 0.6) is 0 Å². The lowest BCUT2D eigenvalue weighted by Crippen LogP contribution is -2.47. The molecule has 0 bridgehead atoms. The first kappa shape index (κ1) is 13.1. The summed E-state index contributed by atoms with van der Waals surface area (Å²) in [5.74, 6) is 0. The maximum atomic E-state index is 5.77. The number of rotatable bonds is 3. The van der Waals surface area contributed by atoms with Gasteiger partial charge in [-0.25, -0.2) is 0 Å². The molecule has 2 aliphatic rings. The largest absolute Gasteiger partial charge is 0.376 e. The molecule has 2 aliphatic heterocycles. The van der Waals surface area contributed by atoms with Crippen molar-refractivity contribution in [1.29, 1.82) is 0 Å². The highest BCUT2D eigenvalue weighted by Crippen LogP contribution is 2.21. The molecule has 2 atom stereocenters. The summed E-state index contributed by atoms with van der Waals surface area (Å²) in [5, 5.41) is 3.41. The van der Waals surface area contributed by atoms with Gasteiger partial charge >= 0.3 is 0 Å². The van der Waals surface area contributed by atoms with Gasteiger partial charge in [-0.2, -0.15) is 0 Å². The molecular weight excluding hydrogens is 236 g/mol. The molecule has 1 saturated heterocycles. The predicted molar refractivity (Wildman–Crippen MR) is 76.9 cm³/mol. The van der Waals surface area contributed by atoms with E-state index < -0.39 is 0 Å². The van der Waals surface area contributed by atoms with Crippen LogP contribution in [0.2, 0.25) is 0 Å². The fourth-order valence-electron chi connectivity index (χ4n) is 3.16. The molecule has 1 N–H and O–H groups in total. The van der Waals surface area contributed by atoms with Crippen molar-refractivity contribution in [3.8, 4) is 0 Å². The van der Waals surface area contributed by atoms with Gasteiger partial charge in [0.25, 0.3) is 0 Å². The Morgan fingerprint density at radius 2 is 2.16 bits per heavy atom. The summed E-state index contributed by atoms with van der Waals surface area (Å²) in [6.45, 7) is 9.47. The van der Waals surface area contributed by atoms with Crippen LogP contribution in [-0.2, 0) is 24.4 Å². The van der Waals surface area contributed by atoms with Gasteiger partial charge in [-0.05, 0) is 30.0 Å². The number of morpholine rings is 1. The van der Waals surface area contributed by atoms with E-state index in [0.29, 0.717) is 12.1 Å². The van der Waals surface area contributed by atoms with Gasteiger partial charge in [0.2, 0.25) is 0 Å². The number of hydrogen-bond acceptors (Lipinski definition) is 3. The quantitative estimate of drug-likeness (QED) is 0.902. The van der Waals surface area contributed by atoms with Gasteiger partial charge in [0.05, 0.1) is 12.7 Å². The maximum absolute atomic E-state index is 5.77. The molecular formula is C16H24N2O. The van der Waals surface area contributed by atoms with E-state index in [2.05, 4.69) is 42.3 Å². The van der Waals surface area contributed by atoms with Crippen LogP contribution in [0, 0.1) is 0 Å². The third-order valence-corrected chi connectivity index (χ3v) is 4.34. The van der Waals surface area contributed by atoms with E-state index in [0.717, 1.165) is 32.8 Å². The highest BCUT2D eigenvalue weighted by Gasteiger charge is 2.25. The molecule has 104 valence electrons. The van der Waals surface area contributed by atoms with E-state index in [-0.39, 0.29) is 0 Å². The Morgan fingerprint density at radius 1 is 1.32 bits per heavy atom. The molecule has 19 heavy (non-hydrogen) atoms. The fraction of sp³-hybridized carbons (Fsp3) is 0.625. The number of fused-ring (bicyclic) bond motifs is 1. The molecule has 2 unspecified atom stereocenters. The minimum atomic E-state index is 0.360. The lowest BCUT2D eigenvalue weighted by molar-refractivity contribution is -0.0592. The van der Waals surface area contributed by atoms with Crippen LogP contribution >= 0.6 is 0 Å². The Kier molecular flexibility index (Phi) is 3.87. The Labute approximate surface area is 115 Å². The van der Waals surface area contributed by atoms with Crippen LogP contribution in [0.1, 0.15) is 37.0 Å². The first-order valence-electron chi connectivity index (χ1n) is 7.43. The minimum absolute atomic E-state index is 0.360. The number of ether oxygens (including phenoxy) is 1. The van der Waals surface area contributed by atoms with E-state index in [9.17, 15) is 0 Å². The van der Waals surface area contributed by atoms with Gasteiger partial charge in [0.1, 0.15) is 0 Å². The molecule has 1 fully saturated rings. The molecule has 2 heterocycles. The maximum Gasteiger partial charge on any atom is 0.0674 e.